The van der Waals surface area contributed by atoms with Crippen LogP contribution >= 0.6 is 0 Å². The van der Waals surface area contributed by atoms with Crippen LogP contribution < -0.4 is 11.1 Å². The molecule has 0 aromatic carbocycles. The molecule has 1 aromatic rings. The van der Waals surface area contributed by atoms with Crippen LogP contribution in [0.4, 0.5) is 0 Å². The van der Waals surface area contributed by atoms with Gasteiger partial charge in [-0.3, -0.25) is 4.79 Å². The Morgan fingerprint density at radius 1 is 1.47 bits per heavy atom. The van der Waals surface area contributed by atoms with Crippen LogP contribution in [0.5, 0.6) is 0 Å². The SMILES string of the molecule is CC1CCCC(CCNC(=O)c2ccc(CN)o2)C1. The van der Waals surface area contributed by atoms with E-state index in [1.807, 2.05) is 0 Å². The van der Waals surface area contributed by atoms with E-state index in [9.17, 15) is 4.79 Å². The van der Waals surface area contributed by atoms with E-state index >= 15 is 0 Å². The average Bonchev–Trinajstić information content (AvgIpc) is 2.87. The Hall–Kier alpha value is -1.29. The molecule has 106 valence electrons. The number of furan rings is 1. The van der Waals surface area contributed by atoms with Crippen LogP contribution in [-0.4, -0.2) is 12.5 Å². The first kappa shape index (κ1) is 14.1. The lowest BCUT2D eigenvalue weighted by Gasteiger charge is -2.26. The van der Waals surface area contributed by atoms with Gasteiger partial charge in [0.25, 0.3) is 5.91 Å². The highest BCUT2D eigenvalue weighted by molar-refractivity contribution is 5.91. The number of hydrogen-bond acceptors (Lipinski definition) is 3. The monoisotopic (exact) mass is 264 g/mol. The molecule has 2 rings (SSSR count). The van der Waals surface area contributed by atoms with E-state index in [1.54, 1.807) is 12.1 Å². The summed E-state index contributed by atoms with van der Waals surface area (Å²) >= 11 is 0. The van der Waals surface area contributed by atoms with Crippen molar-refractivity contribution in [3.05, 3.63) is 23.7 Å². The molecule has 1 aliphatic carbocycles. The van der Waals surface area contributed by atoms with Gasteiger partial charge in [0.05, 0.1) is 6.54 Å². The van der Waals surface area contributed by atoms with Crippen molar-refractivity contribution in [2.24, 2.45) is 17.6 Å². The minimum atomic E-state index is -0.136. The van der Waals surface area contributed by atoms with Gasteiger partial charge in [0.15, 0.2) is 5.76 Å². The number of rotatable bonds is 5. The van der Waals surface area contributed by atoms with Gasteiger partial charge in [-0.15, -0.1) is 0 Å². The number of carbonyl (C=O) groups excluding carboxylic acids is 1. The zero-order valence-electron chi connectivity index (χ0n) is 11.7. The fourth-order valence-electron chi connectivity index (χ4n) is 2.91. The van der Waals surface area contributed by atoms with Gasteiger partial charge in [0.1, 0.15) is 5.76 Å². The fourth-order valence-corrected chi connectivity index (χ4v) is 2.91. The molecule has 1 heterocycles. The smallest absolute Gasteiger partial charge is 0.286 e. The Morgan fingerprint density at radius 2 is 2.32 bits per heavy atom. The van der Waals surface area contributed by atoms with E-state index in [0.29, 0.717) is 18.1 Å². The Balaban J connectivity index is 1.71. The molecule has 19 heavy (non-hydrogen) atoms. The van der Waals surface area contributed by atoms with Crippen LogP contribution in [0.2, 0.25) is 0 Å². The second kappa shape index (κ2) is 6.75. The molecule has 0 aliphatic heterocycles. The molecule has 0 spiro atoms. The van der Waals surface area contributed by atoms with Gasteiger partial charge in [0, 0.05) is 6.54 Å². The summed E-state index contributed by atoms with van der Waals surface area (Å²) < 4.78 is 5.32. The van der Waals surface area contributed by atoms with Gasteiger partial charge >= 0.3 is 0 Å². The predicted octanol–water partition coefficient (Wildman–Crippen LogP) is 2.68. The van der Waals surface area contributed by atoms with E-state index in [0.717, 1.165) is 24.8 Å². The molecule has 1 aliphatic rings. The maximum atomic E-state index is 11.8. The number of hydrogen-bond donors (Lipinski definition) is 2. The maximum Gasteiger partial charge on any atom is 0.286 e. The lowest BCUT2D eigenvalue weighted by atomic mass is 9.81. The third-order valence-electron chi connectivity index (χ3n) is 3.97. The Bertz CT molecular complexity index is 414. The molecule has 0 saturated heterocycles. The molecule has 1 saturated carbocycles. The Labute approximate surface area is 114 Å². The molecular weight excluding hydrogens is 240 g/mol. The van der Waals surface area contributed by atoms with Crippen molar-refractivity contribution < 1.29 is 9.21 Å². The average molecular weight is 264 g/mol. The minimum absolute atomic E-state index is 0.136. The third-order valence-corrected chi connectivity index (χ3v) is 3.97. The molecule has 4 nitrogen and oxygen atoms in total. The van der Waals surface area contributed by atoms with Crippen molar-refractivity contribution in [3.8, 4) is 0 Å². The second-order valence-electron chi connectivity index (χ2n) is 5.65. The summed E-state index contributed by atoms with van der Waals surface area (Å²) in [5.41, 5.74) is 5.45. The Kier molecular flexibility index (Phi) is 5.02. The van der Waals surface area contributed by atoms with Crippen LogP contribution in [-0.2, 0) is 6.54 Å². The first-order chi connectivity index (χ1) is 9.19. The molecule has 2 unspecified atom stereocenters. The minimum Gasteiger partial charge on any atom is -0.455 e. The third kappa shape index (κ3) is 4.10. The van der Waals surface area contributed by atoms with E-state index < -0.39 is 0 Å². The van der Waals surface area contributed by atoms with Crippen LogP contribution in [0.3, 0.4) is 0 Å². The molecule has 1 aromatic heterocycles. The highest BCUT2D eigenvalue weighted by Gasteiger charge is 2.19. The van der Waals surface area contributed by atoms with E-state index in [-0.39, 0.29) is 5.91 Å². The topological polar surface area (TPSA) is 68.3 Å². The molecule has 0 radical (unpaired) electrons. The summed E-state index contributed by atoms with van der Waals surface area (Å²) in [5, 5.41) is 2.92. The zero-order valence-corrected chi connectivity index (χ0v) is 11.7. The normalized spacial score (nSPS) is 23.3. The summed E-state index contributed by atoms with van der Waals surface area (Å²) in [6, 6.07) is 3.43. The largest absolute Gasteiger partial charge is 0.455 e. The van der Waals surface area contributed by atoms with Gasteiger partial charge in [-0.05, 0) is 36.8 Å². The van der Waals surface area contributed by atoms with Crippen LogP contribution in [0.15, 0.2) is 16.5 Å². The van der Waals surface area contributed by atoms with E-state index in [1.165, 1.54) is 25.7 Å². The highest BCUT2D eigenvalue weighted by Crippen LogP contribution is 2.30. The van der Waals surface area contributed by atoms with Gasteiger partial charge in [-0.1, -0.05) is 26.2 Å². The first-order valence-electron chi connectivity index (χ1n) is 7.26. The van der Waals surface area contributed by atoms with Gasteiger partial charge in [-0.2, -0.15) is 0 Å². The molecular formula is C15H24N2O2. The van der Waals surface area contributed by atoms with Crippen LogP contribution in [0, 0.1) is 11.8 Å². The predicted molar refractivity (Wildman–Crippen MR) is 74.7 cm³/mol. The summed E-state index contributed by atoms with van der Waals surface area (Å²) in [4.78, 5) is 11.8. The Morgan fingerprint density at radius 3 is 3.00 bits per heavy atom. The van der Waals surface area contributed by atoms with E-state index in [2.05, 4.69) is 12.2 Å². The molecule has 3 N–H and O–H groups in total. The number of nitrogens with one attached hydrogen (secondary N) is 1. The van der Waals surface area contributed by atoms with Crippen LogP contribution in [0.25, 0.3) is 0 Å². The molecule has 2 atom stereocenters. The standard InChI is InChI=1S/C15H24N2O2/c1-11-3-2-4-12(9-11)7-8-17-15(18)14-6-5-13(10-16)19-14/h5-6,11-12H,2-4,7-10,16H2,1H3,(H,17,18). The van der Waals surface area contributed by atoms with Crippen molar-refractivity contribution in [1.29, 1.82) is 0 Å². The molecule has 0 bridgehead atoms. The molecule has 1 fully saturated rings. The fraction of sp³-hybridized carbons (Fsp3) is 0.667. The van der Waals surface area contributed by atoms with Gasteiger partial charge in [0.2, 0.25) is 0 Å². The van der Waals surface area contributed by atoms with Crippen molar-refractivity contribution in [2.45, 2.75) is 45.6 Å². The highest BCUT2D eigenvalue weighted by atomic mass is 16.4. The lowest BCUT2D eigenvalue weighted by Crippen LogP contribution is -2.26. The van der Waals surface area contributed by atoms with Crippen LogP contribution in [0.1, 0.15) is 55.3 Å². The van der Waals surface area contributed by atoms with Gasteiger partial charge in [-0.25, -0.2) is 0 Å². The maximum absolute atomic E-state index is 11.8. The van der Waals surface area contributed by atoms with Crippen molar-refractivity contribution in [2.75, 3.05) is 6.54 Å². The van der Waals surface area contributed by atoms with Crippen molar-refractivity contribution >= 4 is 5.91 Å². The number of nitrogens with two attached hydrogens (primary N) is 1. The summed E-state index contributed by atoms with van der Waals surface area (Å²) in [6.45, 7) is 3.38. The lowest BCUT2D eigenvalue weighted by molar-refractivity contribution is 0.0920. The number of amides is 1. The second-order valence-corrected chi connectivity index (χ2v) is 5.65. The zero-order chi connectivity index (χ0) is 13.7. The van der Waals surface area contributed by atoms with E-state index in [4.69, 9.17) is 10.2 Å². The van der Waals surface area contributed by atoms with Crippen molar-refractivity contribution in [3.63, 3.8) is 0 Å². The molecule has 4 heteroatoms. The quantitative estimate of drug-likeness (QED) is 0.859. The van der Waals surface area contributed by atoms with Crippen molar-refractivity contribution in [1.82, 2.24) is 5.32 Å². The van der Waals surface area contributed by atoms with Gasteiger partial charge < -0.3 is 15.5 Å². The summed E-state index contributed by atoms with van der Waals surface area (Å²) in [5.74, 6) is 2.47. The number of carbonyl (C=O) groups is 1. The summed E-state index contributed by atoms with van der Waals surface area (Å²) in [6.07, 6.45) is 6.36. The summed E-state index contributed by atoms with van der Waals surface area (Å²) in [7, 11) is 0. The first-order valence-corrected chi connectivity index (χ1v) is 7.26. The molecule has 1 amide bonds.